The lowest BCUT2D eigenvalue weighted by Gasteiger charge is -2.26. The van der Waals surface area contributed by atoms with Crippen molar-refractivity contribution in [2.24, 2.45) is 0 Å². The minimum Gasteiger partial charge on any atom is -0.394 e. The molecule has 3 N–H and O–H groups in total. The number of amides is 2. The molecule has 2 aliphatic rings. The van der Waals surface area contributed by atoms with Crippen molar-refractivity contribution in [3.63, 3.8) is 0 Å². The van der Waals surface area contributed by atoms with Gasteiger partial charge in [-0.3, -0.25) is 5.32 Å². The van der Waals surface area contributed by atoms with E-state index < -0.39 is 12.0 Å². The third kappa shape index (κ3) is 4.69. The van der Waals surface area contributed by atoms with E-state index in [9.17, 15) is 13.6 Å². The van der Waals surface area contributed by atoms with Crippen LogP contribution in [0.3, 0.4) is 0 Å². The largest absolute Gasteiger partial charge is 0.394 e. The molecule has 0 spiro atoms. The molecule has 9 nitrogen and oxygen atoms in total. The van der Waals surface area contributed by atoms with Crippen LogP contribution in [0.15, 0.2) is 4.52 Å². The lowest BCUT2D eigenvalue weighted by molar-refractivity contribution is -0.0389. The van der Waals surface area contributed by atoms with E-state index in [1.807, 2.05) is 4.90 Å². The monoisotopic (exact) mass is 442 g/mol. The summed E-state index contributed by atoms with van der Waals surface area (Å²) in [6, 6.07) is -0.387. The Balaban J connectivity index is 1.37. The van der Waals surface area contributed by atoms with Crippen LogP contribution in [0.25, 0.3) is 0 Å². The van der Waals surface area contributed by atoms with Crippen LogP contribution in [-0.4, -0.2) is 51.4 Å². The van der Waals surface area contributed by atoms with E-state index in [0.717, 1.165) is 10.6 Å². The first-order valence-corrected chi connectivity index (χ1v) is 10.8. The molecule has 30 heavy (non-hydrogen) atoms. The van der Waals surface area contributed by atoms with Gasteiger partial charge in [0, 0.05) is 36.6 Å². The van der Waals surface area contributed by atoms with Crippen molar-refractivity contribution in [1.29, 1.82) is 0 Å². The standard InChI is InChI=1S/C18H24F2N6O3S/c1-10(9-27)21-15(28)24-16-22-12-4-7-26(8-13(12)30-16)17-23-14(25-29-17)11-2-5-18(19,20)6-3-11/h10-11,27H,2-9H2,1H3,(H2,21,22,24,28)/t10-/m1/s1. The molecule has 2 aromatic rings. The molecule has 0 radical (unpaired) electrons. The maximum absolute atomic E-state index is 13.4. The Morgan fingerprint density at radius 1 is 1.40 bits per heavy atom. The number of nitrogens with one attached hydrogen (secondary N) is 2. The van der Waals surface area contributed by atoms with E-state index in [0.29, 0.717) is 49.3 Å². The van der Waals surface area contributed by atoms with E-state index in [4.69, 9.17) is 9.63 Å². The lowest BCUT2D eigenvalue weighted by atomic mass is 9.86. The van der Waals surface area contributed by atoms with Crippen LogP contribution < -0.4 is 15.5 Å². The van der Waals surface area contributed by atoms with Crippen LogP contribution in [0.4, 0.5) is 24.7 Å². The second-order valence-electron chi connectivity index (χ2n) is 7.81. The van der Waals surface area contributed by atoms with Crippen LogP contribution in [-0.2, 0) is 13.0 Å². The summed E-state index contributed by atoms with van der Waals surface area (Å²) in [4.78, 5) is 23.8. The van der Waals surface area contributed by atoms with E-state index in [-0.39, 0.29) is 31.4 Å². The molecule has 1 aliphatic heterocycles. The number of halogens is 2. The molecule has 0 saturated heterocycles. The Kier molecular flexibility index (Phi) is 5.87. The highest BCUT2D eigenvalue weighted by molar-refractivity contribution is 7.15. The first-order valence-electron chi connectivity index (χ1n) is 9.96. The molecule has 0 aromatic carbocycles. The molecular weight excluding hydrogens is 418 g/mol. The van der Waals surface area contributed by atoms with E-state index in [1.54, 1.807) is 6.92 Å². The maximum atomic E-state index is 13.4. The van der Waals surface area contributed by atoms with Crippen molar-refractivity contribution in [3.8, 4) is 0 Å². The Labute approximate surface area is 175 Å². The fourth-order valence-electron chi connectivity index (χ4n) is 3.63. The number of alkyl halides is 2. The van der Waals surface area contributed by atoms with Gasteiger partial charge in [-0.15, -0.1) is 0 Å². The van der Waals surface area contributed by atoms with Gasteiger partial charge in [-0.25, -0.2) is 18.6 Å². The molecule has 12 heteroatoms. The molecule has 1 atom stereocenters. The van der Waals surface area contributed by atoms with Gasteiger partial charge in [-0.05, 0) is 19.8 Å². The number of carbonyl (C=O) groups excluding carboxylic acids is 1. The number of nitrogens with zero attached hydrogens (tertiary/aromatic N) is 4. The van der Waals surface area contributed by atoms with Crippen molar-refractivity contribution in [2.45, 2.75) is 63.5 Å². The molecular formula is C18H24F2N6O3S. The van der Waals surface area contributed by atoms with Crippen molar-refractivity contribution in [2.75, 3.05) is 23.4 Å². The summed E-state index contributed by atoms with van der Waals surface area (Å²) in [5.74, 6) is -2.19. The summed E-state index contributed by atoms with van der Waals surface area (Å²) in [5, 5.41) is 18.8. The number of hydrogen-bond acceptors (Lipinski definition) is 8. The number of hydrogen-bond donors (Lipinski definition) is 3. The summed E-state index contributed by atoms with van der Waals surface area (Å²) < 4.78 is 32.2. The van der Waals surface area contributed by atoms with Crippen molar-refractivity contribution >= 4 is 28.5 Å². The van der Waals surface area contributed by atoms with Gasteiger partial charge in [0.2, 0.25) is 5.92 Å². The molecule has 0 bridgehead atoms. The second kappa shape index (κ2) is 8.42. The average Bonchev–Trinajstić information content (AvgIpc) is 3.33. The zero-order chi connectivity index (χ0) is 21.3. The first-order chi connectivity index (χ1) is 14.3. The predicted molar refractivity (Wildman–Crippen MR) is 106 cm³/mol. The summed E-state index contributed by atoms with van der Waals surface area (Å²) in [6.45, 7) is 2.70. The van der Waals surface area contributed by atoms with Crippen LogP contribution in [0.2, 0.25) is 0 Å². The minimum absolute atomic E-state index is 0.0958. The van der Waals surface area contributed by atoms with E-state index in [2.05, 4.69) is 25.8 Å². The maximum Gasteiger partial charge on any atom is 0.324 e. The molecule has 4 rings (SSSR count). The summed E-state index contributed by atoms with van der Waals surface area (Å²) in [7, 11) is 0. The van der Waals surface area contributed by atoms with Crippen LogP contribution in [0, 0.1) is 0 Å². The zero-order valence-corrected chi connectivity index (χ0v) is 17.3. The second-order valence-corrected chi connectivity index (χ2v) is 8.89. The highest BCUT2D eigenvalue weighted by Crippen LogP contribution is 2.40. The van der Waals surface area contributed by atoms with Crippen molar-refractivity contribution in [3.05, 3.63) is 16.4 Å². The molecule has 3 heterocycles. The van der Waals surface area contributed by atoms with Crippen molar-refractivity contribution < 1.29 is 23.2 Å². The van der Waals surface area contributed by atoms with E-state index in [1.165, 1.54) is 11.3 Å². The fourth-order valence-corrected chi connectivity index (χ4v) is 4.65. The molecule has 1 aliphatic carbocycles. The zero-order valence-electron chi connectivity index (χ0n) is 16.5. The van der Waals surface area contributed by atoms with Crippen LogP contribution in [0.1, 0.15) is 54.9 Å². The van der Waals surface area contributed by atoms with Crippen molar-refractivity contribution in [1.82, 2.24) is 20.4 Å². The number of thiazole rings is 1. The van der Waals surface area contributed by atoms with Gasteiger partial charge in [0.1, 0.15) is 0 Å². The summed E-state index contributed by atoms with van der Waals surface area (Å²) >= 11 is 1.37. The van der Waals surface area contributed by atoms with Gasteiger partial charge >= 0.3 is 12.0 Å². The van der Waals surface area contributed by atoms with Gasteiger partial charge in [0.05, 0.1) is 24.9 Å². The molecule has 0 unspecified atom stereocenters. The minimum atomic E-state index is -2.59. The molecule has 1 fully saturated rings. The Morgan fingerprint density at radius 3 is 2.90 bits per heavy atom. The van der Waals surface area contributed by atoms with E-state index >= 15 is 0 Å². The summed E-state index contributed by atoms with van der Waals surface area (Å²) in [5.41, 5.74) is 0.913. The fraction of sp³-hybridized carbons (Fsp3) is 0.667. The number of aliphatic hydroxyl groups excluding tert-OH is 1. The predicted octanol–water partition coefficient (Wildman–Crippen LogP) is 2.88. The van der Waals surface area contributed by atoms with Gasteiger partial charge in [0.15, 0.2) is 11.0 Å². The summed E-state index contributed by atoms with van der Waals surface area (Å²) in [6.07, 6.45) is 1.09. The molecule has 1 saturated carbocycles. The van der Waals surface area contributed by atoms with Gasteiger partial charge < -0.3 is 19.8 Å². The Morgan fingerprint density at radius 2 is 2.17 bits per heavy atom. The topological polar surface area (TPSA) is 116 Å². The number of aromatic nitrogens is 3. The third-order valence-corrected chi connectivity index (χ3v) is 6.38. The first kappa shape index (κ1) is 20.9. The Hall–Kier alpha value is -2.34. The number of fused-ring (bicyclic) bond motifs is 1. The highest BCUT2D eigenvalue weighted by Gasteiger charge is 2.37. The van der Waals surface area contributed by atoms with Gasteiger partial charge in [0.25, 0.3) is 0 Å². The number of anilines is 2. The SMILES string of the molecule is C[C@H](CO)NC(=O)Nc1nc2c(s1)CN(c1nc(C3CCC(F)(F)CC3)no1)CC2. The molecule has 164 valence electrons. The quantitative estimate of drug-likeness (QED) is 0.652. The lowest BCUT2D eigenvalue weighted by Crippen LogP contribution is -2.38. The molecule has 2 aromatic heterocycles. The number of rotatable bonds is 5. The molecule has 2 amide bonds. The third-order valence-electron chi connectivity index (χ3n) is 5.39. The average molecular weight is 442 g/mol. The van der Waals surface area contributed by atoms with Crippen LogP contribution >= 0.6 is 11.3 Å². The van der Waals surface area contributed by atoms with Crippen LogP contribution in [0.5, 0.6) is 0 Å². The number of aliphatic hydroxyl groups is 1. The smallest absolute Gasteiger partial charge is 0.324 e. The highest BCUT2D eigenvalue weighted by atomic mass is 32.1. The normalized spacial score (nSPS) is 19.9. The van der Waals surface area contributed by atoms with Gasteiger partial charge in [-0.2, -0.15) is 4.98 Å². The number of urea groups is 1. The Bertz CT molecular complexity index is 894. The number of carbonyl (C=O) groups is 1. The van der Waals surface area contributed by atoms with Gasteiger partial charge in [-0.1, -0.05) is 16.5 Å².